The molecule has 0 radical (unpaired) electrons. The van der Waals surface area contributed by atoms with Crippen LogP contribution in [0, 0.1) is 18.3 Å². The SMILES string of the molecule is C#CCCN(C(=O)OC(C)(C)C)C1CCC(C)CC1. The van der Waals surface area contributed by atoms with Crippen molar-refractivity contribution in [1.82, 2.24) is 4.90 Å². The fourth-order valence-electron chi connectivity index (χ4n) is 2.48. The Morgan fingerprint density at radius 3 is 2.37 bits per heavy atom. The molecule has 1 fully saturated rings. The van der Waals surface area contributed by atoms with Crippen molar-refractivity contribution in [1.29, 1.82) is 0 Å². The summed E-state index contributed by atoms with van der Waals surface area (Å²) < 4.78 is 5.50. The third-order valence-electron chi connectivity index (χ3n) is 3.55. The molecule has 108 valence electrons. The van der Waals surface area contributed by atoms with E-state index in [1.165, 1.54) is 12.8 Å². The predicted octanol–water partition coefficient (Wildman–Crippen LogP) is 3.83. The van der Waals surface area contributed by atoms with Crippen LogP contribution in [0.4, 0.5) is 4.79 Å². The van der Waals surface area contributed by atoms with Crippen molar-refractivity contribution < 1.29 is 9.53 Å². The molecule has 0 N–H and O–H groups in total. The van der Waals surface area contributed by atoms with Gasteiger partial charge in [-0.25, -0.2) is 4.79 Å². The normalized spacial score (nSPS) is 23.5. The molecule has 0 aliphatic heterocycles. The fourth-order valence-corrected chi connectivity index (χ4v) is 2.48. The van der Waals surface area contributed by atoms with Gasteiger partial charge in [-0.1, -0.05) is 6.92 Å². The molecule has 0 bridgehead atoms. The topological polar surface area (TPSA) is 29.5 Å². The lowest BCUT2D eigenvalue weighted by atomic mass is 9.86. The number of carbonyl (C=O) groups excluding carboxylic acids is 1. The van der Waals surface area contributed by atoms with Gasteiger partial charge in [-0.15, -0.1) is 12.3 Å². The largest absolute Gasteiger partial charge is 0.444 e. The molecule has 0 atom stereocenters. The molecular weight excluding hydrogens is 238 g/mol. The summed E-state index contributed by atoms with van der Waals surface area (Å²) in [6, 6.07) is 0.291. The van der Waals surface area contributed by atoms with Gasteiger partial charge in [0.1, 0.15) is 5.60 Å². The van der Waals surface area contributed by atoms with Gasteiger partial charge in [0.05, 0.1) is 0 Å². The quantitative estimate of drug-likeness (QED) is 0.726. The molecule has 1 amide bonds. The monoisotopic (exact) mass is 265 g/mol. The number of ether oxygens (including phenoxy) is 1. The highest BCUT2D eigenvalue weighted by atomic mass is 16.6. The van der Waals surface area contributed by atoms with Gasteiger partial charge in [-0.3, -0.25) is 0 Å². The summed E-state index contributed by atoms with van der Waals surface area (Å²) in [6.45, 7) is 8.56. The van der Waals surface area contributed by atoms with E-state index in [9.17, 15) is 4.79 Å². The summed E-state index contributed by atoms with van der Waals surface area (Å²) in [6.07, 6.45) is 10.2. The van der Waals surface area contributed by atoms with E-state index in [0.717, 1.165) is 18.8 Å². The van der Waals surface area contributed by atoms with Crippen LogP contribution in [0.15, 0.2) is 0 Å². The molecule has 1 aliphatic carbocycles. The molecule has 1 aliphatic rings. The van der Waals surface area contributed by atoms with Crippen molar-refractivity contribution in [2.24, 2.45) is 5.92 Å². The van der Waals surface area contributed by atoms with E-state index in [4.69, 9.17) is 11.2 Å². The Kier molecular flexibility index (Phi) is 5.72. The zero-order valence-electron chi connectivity index (χ0n) is 12.7. The van der Waals surface area contributed by atoms with Gasteiger partial charge >= 0.3 is 6.09 Å². The first kappa shape index (κ1) is 15.9. The van der Waals surface area contributed by atoms with Crippen LogP contribution in [-0.4, -0.2) is 29.2 Å². The molecule has 3 nitrogen and oxygen atoms in total. The van der Waals surface area contributed by atoms with E-state index in [2.05, 4.69) is 12.8 Å². The van der Waals surface area contributed by atoms with Gasteiger partial charge in [0.15, 0.2) is 0 Å². The van der Waals surface area contributed by atoms with Crippen LogP contribution in [0.1, 0.15) is 59.8 Å². The average molecular weight is 265 g/mol. The standard InChI is InChI=1S/C16H27NO2/c1-6-7-12-17(15(18)19-16(3,4)5)14-10-8-13(2)9-11-14/h1,13-14H,7-12H2,2-5H3. The molecule has 3 heteroatoms. The van der Waals surface area contributed by atoms with Crippen LogP contribution >= 0.6 is 0 Å². The van der Waals surface area contributed by atoms with Crippen molar-refractivity contribution in [3.05, 3.63) is 0 Å². The second kappa shape index (κ2) is 6.84. The third-order valence-corrected chi connectivity index (χ3v) is 3.55. The fraction of sp³-hybridized carbons (Fsp3) is 0.812. The number of hydrogen-bond donors (Lipinski definition) is 0. The van der Waals surface area contributed by atoms with Gasteiger partial charge in [0, 0.05) is 19.0 Å². The molecule has 0 spiro atoms. The maximum absolute atomic E-state index is 12.3. The van der Waals surface area contributed by atoms with Crippen molar-refractivity contribution in [2.75, 3.05) is 6.54 Å². The minimum Gasteiger partial charge on any atom is -0.444 e. The van der Waals surface area contributed by atoms with E-state index in [1.54, 1.807) is 0 Å². The van der Waals surface area contributed by atoms with Crippen LogP contribution in [-0.2, 0) is 4.74 Å². The molecule has 0 saturated heterocycles. The molecule has 0 aromatic rings. The Balaban J connectivity index is 2.66. The Morgan fingerprint density at radius 2 is 1.89 bits per heavy atom. The predicted molar refractivity (Wildman–Crippen MR) is 77.8 cm³/mol. The van der Waals surface area contributed by atoms with Gasteiger partial charge in [-0.05, 0) is 52.4 Å². The number of amides is 1. The summed E-state index contributed by atoms with van der Waals surface area (Å²) in [7, 11) is 0. The lowest BCUT2D eigenvalue weighted by molar-refractivity contribution is 0.0112. The smallest absolute Gasteiger partial charge is 0.410 e. The highest BCUT2D eigenvalue weighted by Crippen LogP contribution is 2.28. The van der Waals surface area contributed by atoms with Crippen LogP contribution in [0.3, 0.4) is 0 Å². The van der Waals surface area contributed by atoms with Crippen molar-refractivity contribution >= 4 is 6.09 Å². The minimum atomic E-state index is -0.451. The summed E-state index contributed by atoms with van der Waals surface area (Å²) in [5.74, 6) is 3.38. The maximum Gasteiger partial charge on any atom is 0.410 e. The molecular formula is C16H27NO2. The third kappa shape index (κ3) is 5.55. The molecule has 0 unspecified atom stereocenters. The summed E-state index contributed by atoms with van der Waals surface area (Å²) in [5, 5.41) is 0. The molecule has 1 rings (SSSR count). The van der Waals surface area contributed by atoms with Crippen LogP contribution in [0.2, 0.25) is 0 Å². The van der Waals surface area contributed by atoms with Crippen molar-refractivity contribution in [3.63, 3.8) is 0 Å². The van der Waals surface area contributed by atoms with Crippen molar-refractivity contribution in [2.45, 2.75) is 71.4 Å². The minimum absolute atomic E-state index is 0.220. The van der Waals surface area contributed by atoms with E-state index in [0.29, 0.717) is 19.0 Å². The Bertz CT molecular complexity index is 330. The zero-order chi connectivity index (χ0) is 14.5. The molecule has 1 saturated carbocycles. The number of carbonyl (C=O) groups is 1. The summed E-state index contributed by atoms with van der Waals surface area (Å²) in [5.41, 5.74) is -0.451. The van der Waals surface area contributed by atoms with E-state index in [-0.39, 0.29) is 6.09 Å². The second-order valence-electron chi connectivity index (χ2n) is 6.54. The van der Waals surface area contributed by atoms with Gasteiger partial charge in [0.25, 0.3) is 0 Å². The van der Waals surface area contributed by atoms with Crippen LogP contribution < -0.4 is 0 Å². The maximum atomic E-state index is 12.3. The second-order valence-corrected chi connectivity index (χ2v) is 6.54. The Hall–Kier alpha value is -1.17. The lowest BCUT2D eigenvalue weighted by Gasteiger charge is -2.36. The Morgan fingerprint density at radius 1 is 1.32 bits per heavy atom. The highest BCUT2D eigenvalue weighted by molar-refractivity contribution is 5.68. The van der Waals surface area contributed by atoms with Crippen LogP contribution in [0.25, 0.3) is 0 Å². The molecule has 0 aromatic heterocycles. The zero-order valence-corrected chi connectivity index (χ0v) is 12.7. The highest BCUT2D eigenvalue weighted by Gasteiger charge is 2.30. The number of hydrogen-bond acceptors (Lipinski definition) is 2. The van der Waals surface area contributed by atoms with Gasteiger partial charge in [-0.2, -0.15) is 0 Å². The van der Waals surface area contributed by atoms with Crippen LogP contribution in [0.5, 0.6) is 0 Å². The molecule has 0 heterocycles. The first-order chi connectivity index (χ1) is 8.83. The summed E-state index contributed by atoms with van der Waals surface area (Å²) in [4.78, 5) is 14.1. The first-order valence-electron chi connectivity index (χ1n) is 7.26. The van der Waals surface area contributed by atoms with Crippen molar-refractivity contribution in [3.8, 4) is 12.3 Å². The number of rotatable bonds is 3. The van der Waals surface area contributed by atoms with E-state index in [1.807, 2.05) is 25.7 Å². The lowest BCUT2D eigenvalue weighted by Crippen LogP contribution is -2.45. The number of terminal acetylenes is 1. The average Bonchev–Trinajstić information content (AvgIpc) is 2.29. The first-order valence-corrected chi connectivity index (χ1v) is 7.26. The number of nitrogens with zero attached hydrogens (tertiary/aromatic N) is 1. The van der Waals surface area contributed by atoms with Gasteiger partial charge < -0.3 is 9.64 Å². The van der Waals surface area contributed by atoms with E-state index < -0.39 is 5.60 Å². The summed E-state index contributed by atoms with van der Waals surface area (Å²) >= 11 is 0. The molecule has 19 heavy (non-hydrogen) atoms. The van der Waals surface area contributed by atoms with E-state index >= 15 is 0 Å². The Labute approximate surface area is 117 Å². The van der Waals surface area contributed by atoms with Gasteiger partial charge in [0.2, 0.25) is 0 Å². The molecule has 0 aromatic carbocycles.